The third kappa shape index (κ3) is 4.32. The molecule has 0 bridgehead atoms. The van der Waals surface area contributed by atoms with Crippen molar-refractivity contribution >= 4 is 11.9 Å². The quantitative estimate of drug-likeness (QED) is 0.859. The van der Waals surface area contributed by atoms with Crippen molar-refractivity contribution in [2.75, 3.05) is 6.61 Å². The van der Waals surface area contributed by atoms with Crippen LogP contribution < -0.4 is 10.1 Å². The van der Waals surface area contributed by atoms with Crippen LogP contribution in [0.3, 0.4) is 0 Å². The van der Waals surface area contributed by atoms with E-state index >= 15 is 0 Å². The van der Waals surface area contributed by atoms with E-state index in [9.17, 15) is 14.7 Å². The van der Waals surface area contributed by atoms with Crippen LogP contribution in [0.2, 0.25) is 0 Å². The van der Waals surface area contributed by atoms with E-state index in [4.69, 9.17) is 4.74 Å². The number of hydrogen-bond donors (Lipinski definition) is 2. The van der Waals surface area contributed by atoms with Gasteiger partial charge in [-0.25, -0.2) is 4.79 Å². The normalized spacial score (nSPS) is 11.6. The lowest BCUT2D eigenvalue weighted by molar-refractivity contribution is -0.142. The number of rotatable bonds is 6. The van der Waals surface area contributed by atoms with Crippen LogP contribution in [0, 0.1) is 13.8 Å². The van der Waals surface area contributed by atoms with Gasteiger partial charge < -0.3 is 15.2 Å². The standard InChI is InChI=1S/C18H19NO4/c1-12-7-6-8-13(2)17(12)23-11-15(20)19-16(18(21)22)14-9-4-3-5-10-14/h3-10,16H,11H2,1-2H3,(H,19,20)(H,21,22)/t16-/m1/s1. The average molecular weight is 313 g/mol. The summed E-state index contributed by atoms with van der Waals surface area (Å²) in [7, 11) is 0. The SMILES string of the molecule is Cc1cccc(C)c1OCC(=O)N[C@@H](C(=O)O)c1ccccc1. The Hall–Kier alpha value is -2.82. The summed E-state index contributed by atoms with van der Waals surface area (Å²) in [5.41, 5.74) is 2.37. The lowest BCUT2D eigenvalue weighted by atomic mass is 10.1. The molecule has 2 N–H and O–H groups in total. The fourth-order valence-corrected chi connectivity index (χ4v) is 2.30. The van der Waals surface area contributed by atoms with Gasteiger partial charge in [-0.2, -0.15) is 0 Å². The minimum Gasteiger partial charge on any atom is -0.483 e. The molecule has 5 nitrogen and oxygen atoms in total. The van der Waals surface area contributed by atoms with Gasteiger partial charge in [0.2, 0.25) is 0 Å². The van der Waals surface area contributed by atoms with Gasteiger partial charge in [0.25, 0.3) is 5.91 Å². The number of ether oxygens (including phenoxy) is 1. The third-order valence-electron chi connectivity index (χ3n) is 3.44. The van der Waals surface area contributed by atoms with E-state index in [2.05, 4.69) is 5.32 Å². The summed E-state index contributed by atoms with van der Waals surface area (Å²) in [6.45, 7) is 3.55. The molecule has 0 saturated carbocycles. The number of aryl methyl sites for hydroxylation is 2. The van der Waals surface area contributed by atoms with Crippen LogP contribution in [0.25, 0.3) is 0 Å². The van der Waals surface area contributed by atoms with E-state index in [1.165, 1.54) is 0 Å². The highest BCUT2D eigenvalue weighted by molar-refractivity contribution is 5.85. The first-order valence-corrected chi connectivity index (χ1v) is 7.25. The maximum atomic E-state index is 12.0. The van der Waals surface area contributed by atoms with Gasteiger partial charge in [0.05, 0.1) is 0 Å². The fraction of sp³-hybridized carbons (Fsp3) is 0.222. The predicted molar refractivity (Wildman–Crippen MR) is 86.4 cm³/mol. The van der Waals surface area contributed by atoms with Crippen molar-refractivity contribution in [3.8, 4) is 5.75 Å². The molecule has 2 aromatic carbocycles. The number of aliphatic carboxylic acids is 1. The van der Waals surface area contributed by atoms with Crippen LogP contribution >= 0.6 is 0 Å². The zero-order valence-corrected chi connectivity index (χ0v) is 13.1. The van der Waals surface area contributed by atoms with E-state index in [1.807, 2.05) is 32.0 Å². The number of para-hydroxylation sites is 1. The van der Waals surface area contributed by atoms with E-state index in [1.54, 1.807) is 30.3 Å². The van der Waals surface area contributed by atoms with Gasteiger partial charge in [-0.05, 0) is 30.5 Å². The number of hydrogen-bond acceptors (Lipinski definition) is 3. The Morgan fingerprint density at radius 1 is 1.04 bits per heavy atom. The molecule has 23 heavy (non-hydrogen) atoms. The summed E-state index contributed by atoms with van der Waals surface area (Å²) < 4.78 is 5.54. The van der Waals surface area contributed by atoms with Gasteiger partial charge in [-0.1, -0.05) is 48.5 Å². The molecule has 120 valence electrons. The molecule has 2 aromatic rings. The highest BCUT2D eigenvalue weighted by Gasteiger charge is 2.22. The molecular formula is C18H19NO4. The van der Waals surface area contributed by atoms with Gasteiger partial charge in [-0.3, -0.25) is 4.79 Å². The Balaban J connectivity index is 2.02. The largest absolute Gasteiger partial charge is 0.483 e. The van der Waals surface area contributed by atoms with Crippen molar-refractivity contribution in [3.63, 3.8) is 0 Å². The Morgan fingerprint density at radius 3 is 2.22 bits per heavy atom. The number of carbonyl (C=O) groups excluding carboxylic acids is 1. The Bertz CT molecular complexity index is 677. The van der Waals surface area contributed by atoms with Crippen LogP contribution in [0.1, 0.15) is 22.7 Å². The number of carbonyl (C=O) groups is 2. The van der Waals surface area contributed by atoms with Crippen molar-refractivity contribution in [1.82, 2.24) is 5.32 Å². The molecule has 0 heterocycles. The van der Waals surface area contributed by atoms with Crippen molar-refractivity contribution in [2.24, 2.45) is 0 Å². The van der Waals surface area contributed by atoms with Crippen LogP contribution in [0.15, 0.2) is 48.5 Å². The molecule has 5 heteroatoms. The zero-order valence-electron chi connectivity index (χ0n) is 13.1. The topological polar surface area (TPSA) is 75.6 Å². The van der Waals surface area contributed by atoms with Crippen molar-refractivity contribution < 1.29 is 19.4 Å². The van der Waals surface area contributed by atoms with Crippen LogP contribution in [0.5, 0.6) is 5.75 Å². The van der Waals surface area contributed by atoms with Crippen LogP contribution in [-0.2, 0) is 9.59 Å². The minimum absolute atomic E-state index is 0.234. The Labute approximate surface area is 134 Å². The van der Waals surface area contributed by atoms with Gasteiger partial charge in [-0.15, -0.1) is 0 Å². The smallest absolute Gasteiger partial charge is 0.330 e. The maximum absolute atomic E-state index is 12.0. The molecule has 1 atom stereocenters. The Morgan fingerprint density at radius 2 is 1.65 bits per heavy atom. The number of carboxylic acid groups (broad SMARTS) is 1. The first kappa shape index (κ1) is 16.5. The summed E-state index contributed by atoms with van der Waals surface area (Å²) >= 11 is 0. The minimum atomic E-state index is -1.11. The highest BCUT2D eigenvalue weighted by atomic mass is 16.5. The number of nitrogens with one attached hydrogen (secondary N) is 1. The molecule has 0 spiro atoms. The van der Waals surface area contributed by atoms with Gasteiger partial charge >= 0.3 is 5.97 Å². The number of carboxylic acids is 1. The van der Waals surface area contributed by atoms with Crippen LogP contribution in [0.4, 0.5) is 0 Å². The Kier molecular flexibility index (Phi) is 5.36. The molecular weight excluding hydrogens is 294 g/mol. The second-order valence-electron chi connectivity index (χ2n) is 5.26. The molecule has 0 aliphatic heterocycles. The number of amides is 1. The predicted octanol–water partition coefficient (Wildman–Crippen LogP) is 2.62. The van der Waals surface area contributed by atoms with Crippen molar-refractivity contribution in [3.05, 3.63) is 65.2 Å². The first-order chi connectivity index (χ1) is 11.0. The lowest BCUT2D eigenvalue weighted by Crippen LogP contribution is -2.36. The summed E-state index contributed by atoms with van der Waals surface area (Å²) in [5, 5.41) is 11.8. The highest BCUT2D eigenvalue weighted by Crippen LogP contribution is 2.22. The molecule has 0 aliphatic rings. The summed E-state index contributed by atoms with van der Waals surface area (Å²) in [4.78, 5) is 23.4. The van der Waals surface area contributed by atoms with Gasteiger partial charge in [0, 0.05) is 0 Å². The van der Waals surface area contributed by atoms with E-state index in [-0.39, 0.29) is 6.61 Å². The summed E-state index contributed by atoms with van der Waals surface area (Å²) in [6, 6.07) is 13.2. The monoisotopic (exact) mass is 313 g/mol. The third-order valence-corrected chi connectivity index (χ3v) is 3.44. The van der Waals surface area contributed by atoms with E-state index in [0.29, 0.717) is 11.3 Å². The fourth-order valence-electron chi connectivity index (χ4n) is 2.30. The van der Waals surface area contributed by atoms with Crippen molar-refractivity contribution in [1.29, 1.82) is 0 Å². The molecule has 0 unspecified atom stereocenters. The van der Waals surface area contributed by atoms with E-state index < -0.39 is 17.9 Å². The summed E-state index contributed by atoms with van der Waals surface area (Å²) in [6.07, 6.45) is 0. The molecule has 0 fully saturated rings. The lowest BCUT2D eigenvalue weighted by Gasteiger charge is -2.16. The average Bonchev–Trinajstić information content (AvgIpc) is 2.52. The first-order valence-electron chi connectivity index (χ1n) is 7.25. The second kappa shape index (κ2) is 7.45. The summed E-state index contributed by atoms with van der Waals surface area (Å²) in [5.74, 6) is -0.949. The molecule has 0 aliphatic carbocycles. The molecule has 2 rings (SSSR count). The zero-order chi connectivity index (χ0) is 16.8. The van der Waals surface area contributed by atoms with Gasteiger partial charge in [0.15, 0.2) is 12.6 Å². The van der Waals surface area contributed by atoms with E-state index in [0.717, 1.165) is 11.1 Å². The van der Waals surface area contributed by atoms with Crippen molar-refractivity contribution in [2.45, 2.75) is 19.9 Å². The number of benzene rings is 2. The molecule has 1 amide bonds. The molecule has 0 radical (unpaired) electrons. The van der Waals surface area contributed by atoms with Gasteiger partial charge in [0.1, 0.15) is 5.75 Å². The molecule has 0 aromatic heterocycles. The maximum Gasteiger partial charge on any atom is 0.330 e. The second-order valence-corrected chi connectivity index (χ2v) is 5.26. The van der Waals surface area contributed by atoms with Crippen LogP contribution in [-0.4, -0.2) is 23.6 Å². The molecule has 0 saturated heterocycles.